The number of aryl methyl sites for hydroxylation is 4. The average molecular weight is 884 g/mol. The SMILES string of the molecule is CCOc1cc(Cl)ccc1-c1ccc(CCC(=O)O)n1-c1ccc(C(N)=O)cc1C.COc1ccc(Br)cc1-c1ccc(CCC(=O)O)n1-c1ccc(C(N)=O)cc1C. The molecule has 0 spiro atoms. The number of aliphatic carboxylic acids is 2. The van der Waals surface area contributed by atoms with E-state index < -0.39 is 23.8 Å². The van der Waals surface area contributed by atoms with Crippen molar-refractivity contribution < 1.29 is 38.9 Å². The summed E-state index contributed by atoms with van der Waals surface area (Å²) in [6.45, 7) is 6.16. The van der Waals surface area contributed by atoms with E-state index in [-0.39, 0.29) is 12.8 Å². The lowest BCUT2D eigenvalue weighted by molar-refractivity contribution is -0.138. The molecular weight excluding hydrogens is 840 g/mol. The van der Waals surface area contributed by atoms with Crippen molar-refractivity contribution in [3.8, 4) is 45.4 Å². The maximum absolute atomic E-state index is 11.6. The van der Waals surface area contributed by atoms with Gasteiger partial charge >= 0.3 is 11.9 Å². The molecule has 0 fully saturated rings. The molecule has 6 aromatic rings. The van der Waals surface area contributed by atoms with Gasteiger partial charge in [-0.1, -0.05) is 27.5 Å². The molecular formula is C45H44BrClN4O8. The van der Waals surface area contributed by atoms with Crippen molar-refractivity contribution in [2.45, 2.75) is 46.5 Å². The van der Waals surface area contributed by atoms with Gasteiger partial charge in [0.1, 0.15) is 11.5 Å². The Morgan fingerprint density at radius 3 is 1.61 bits per heavy atom. The molecule has 4 aromatic carbocycles. The number of aromatic nitrogens is 2. The number of hydrogen-bond acceptors (Lipinski definition) is 6. The lowest BCUT2D eigenvalue weighted by Crippen LogP contribution is -2.12. The van der Waals surface area contributed by atoms with Gasteiger partial charge in [0.15, 0.2) is 0 Å². The zero-order valence-corrected chi connectivity index (χ0v) is 35.3. The van der Waals surface area contributed by atoms with E-state index in [0.29, 0.717) is 47.1 Å². The number of ether oxygens (including phenoxy) is 2. The zero-order chi connectivity index (χ0) is 43.0. The second-order valence-electron chi connectivity index (χ2n) is 13.5. The minimum Gasteiger partial charge on any atom is -0.496 e. The van der Waals surface area contributed by atoms with Crippen molar-refractivity contribution in [2.24, 2.45) is 11.5 Å². The number of carboxylic acids is 2. The third-order valence-electron chi connectivity index (χ3n) is 9.51. The van der Waals surface area contributed by atoms with Crippen molar-refractivity contribution >= 4 is 51.3 Å². The first kappa shape index (κ1) is 43.8. The number of primary amides is 2. The van der Waals surface area contributed by atoms with Crippen LogP contribution in [0.1, 0.15) is 63.0 Å². The van der Waals surface area contributed by atoms with Crippen molar-refractivity contribution in [1.82, 2.24) is 9.13 Å². The largest absolute Gasteiger partial charge is 0.496 e. The van der Waals surface area contributed by atoms with Crippen molar-refractivity contribution in [2.75, 3.05) is 13.7 Å². The molecule has 0 saturated heterocycles. The number of nitrogens with two attached hydrogens (primary N) is 2. The number of methoxy groups -OCH3 is 1. The minimum atomic E-state index is -0.869. The highest BCUT2D eigenvalue weighted by Gasteiger charge is 2.20. The van der Waals surface area contributed by atoms with Crippen LogP contribution in [0.15, 0.2) is 102 Å². The van der Waals surface area contributed by atoms with Gasteiger partial charge in [0, 0.05) is 54.5 Å². The summed E-state index contributed by atoms with van der Waals surface area (Å²) in [7, 11) is 1.61. The van der Waals surface area contributed by atoms with Gasteiger partial charge in [-0.15, -0.1) is 0 Å². The van der Waals surface area contributed by atoms with E-state index in [0.717, 1.165) is 60.9 Å². The number of hydrogen-bond donors (Lipinski definition) is 4. The molecule has 0 unspecified atom stereocenters. The summed E-state index contributed by atoms with van der Waals surface area (Å²) in [5.74, 6) is -1.39. The number of carboxylic acid groups (broad SMARTS) is 2. The Morgan fingerprint density at radius 1 is 0.661 bits per heavy atom. The molecule has 2 aromatic heterocycles. The predicted octanol–water partition coefficient (Wildman–Crippen LogP) is 8.96. The first-order valence-electron chi connectivity index (χ1n) is 18.6. The summed E-state index contributed by atoms with van der Waals surface area (Å²) < 4.78 is 16.2. The first-order chi connectivity index (χ1) is 28.1. The molecule has 0 atom stereocenters. The Balaban J connectivity index is 0.000000224. The van der Waals surface area contributed by atoms with Crippen LogP contribution in [0.5, 0.6) is 11.5 Å². The van der Waals surface area contributed by atoms with Crippen LogP contribution in [-0.4, -0.2) is 56.8 Å². The van der Waals surface area contributed by atoms with Crippen LogP contribution in [0.25, 0.3) is 33.9 Å². The fraction of sp³-hybridized carbons (Fsp3) is 0.200. The first-order valence-corrected chi connectivity index (χ1v) is 19.7. The number of halogens is 2. The summed E-state index contributed by atoms with van der Waals surface area (Å²) >= 11 is 9.67. The van der Waals surface area contributed by atoms with Gasteiger partial charge in [0.25, 0.3) is 0 Å². The van der Waals surface area contributed by atoms with Crippen LogP contribution >= 0.6 is 27.5 Å². The molecule has 0 aliphatic heterocycles. The van der Waals surface area contributed by atoms with Crippen LogP contribution in [0.4, 0.5) is 0 Å². The number of nitrogens with zero attached hydrogens (tertiary/aromatic N) is 2. The monoisotopic (exact) mass is 882 g/mol. The maximum atomic E-state index is 11.6. The highest BCUT2D eigenvalue weighted by molar-refractivity contribution is 9.10. The number of carbonyl (C=O) groups excluding carboxylic acids is 2. The predicted molar refractivity (Wildman–Crippen MR) is 231 cm³/mol. The number of rotatable bonds is 15. The van der Waals surface area contributed by atoms with E-state index in [1.54, 1.807) is 43.5 Å². The van der Waals surface area contributed by atoms with E-state index >= 15 is 0 Å². The molecule has 0 aliphatic rings. The minimum absolute atomic E-state index is 0.000799. The van der Waals surface area contributed by atoms with Crippen LogP contribution in [-0.2, 0) is 22.4 Å². The number of carbonyl (C=O) groups is 4. The molecule has 2 amide bonds. The van der Waals surface area contributed by atoms with Gasteiger partial charge in [0.05, 0.1) is 37.9 Å². The van der Waals surface area contributed by atoms with Crippen molar-refractivity contribution in [1.29, 1.82) is 0 Å². The Bertz CT molecular complexity index is 2540. The third kappa shape index (κ3) is 10.4. The second-order valence-corrected chi connectivity index (χ2v) is 14.9. The highest BCUT2D eigenvalue weighted by Crippen LogP contribution is 2.38. The lowest BCUT2D eigenvalue weighted by atomic mass is 10.1. The van der Waals surface area contributed by atoms with E-state index in [1.165, 1.54) is 0 Å². The summed E-state index contributed by atoms with van der Waals surface area (Å²) in [5.41, 5.74) is 20.1. The Kier molecular flexibility index (Phi) is 14.4. The standard InChI is InChI=1S/C23H23ClN2O4.C22H21BrN2O4/c1-3-30-21-13-16(24)5-8-18(21)20-10-6-17(7-11-22(27)28)26(20)19-9-4-15(23(25)29)12-14(19)2;1-13-11-14(22(24)28)3-7-18(13)25-16(6-10-21(26)27)5-8-19(25)17-12-15(23)4-9-20(17)29-2/h4-6,8-10,12-13H,3,7,11H2,1-2H3,(H2,25,29)(H,27,28);3-5,7-9,11-12H,6,10H2,1-2H3,(H2,24,28)(H,26,27). The molecule has 59 heavy (non-hydrogen) atoms. The Hall–Kier alpha value is -6.31. The van der Waals surface area contributed by atoms with E-state index in [1.807, 2.05) is 90.6 Å². The van der Waals surface area contributed by atoms with Crippen LogP contribution in [0, 0.1) is 13.8 Å². The summed E-state index contributed by atoms with van der Waals surface area (Å²) in [5, 5.41) is 18.9. The number of benzene rings is 4. The molecule has 0 aliphatic carbocycles. The van der Waals surface area contributed by atoms with E-state index in [2.05, 4.69) is 15.9 Å². The van der Waals surface area contributed by atoms with Gasteiger partial charge in [-0.2, -0.15) is 0 Å². The molecule has 6 N–H and O–H groups in total. The molecule has 6 rings (SSSR count). The van der Waals surface area contributed by atoms with Gasteiger partial charge in [0.2, 0.25) is 11.8 Å². The van der Waals surface area contributed by atoms with E-state index in [4.69, 9.17) is 42.8 Å². The zero-order valence-electron chi connectivity index (χ0n) is 32.9. The Labute approximate surface area is 355 Å². The van der Waals surface area contributed by atoms with Crippen LogP contribution in [0.3, 0.4) is 0 Å². The van der Waals surface area contributed by atoms with Gasteiger partial charge < -0.3 is 40.3 Å². The quantitative estimate of drug-likeness (QED) is 0.0786. The number of amides is 2. The topological polar surface area (TPSA) is 189 Å². The van der Waals surface area contributed by atoms with Gasteiger partial charge in [-0.25, -0.2) is 0 Å². The summed E-state index contributed by atoms with van der Waals surface area (Å²) in [6.07, 6.45) is 0.727. The molecule has 0 radical (unpaired) electrons. The molecule has 0 bridgehead atoms. The fourth-order valence-corrected chi connectivity index (χ4v) is 7.31. The maximum Gasteiger partial charge on any atom is 0.303 e. The molecule has 12 nitrogen and oxygen atoms in total. The molecule has 14 heteroatoms. The van der Waals surface area contributed by atoms with Gasteiger partial charge in [-0.05, 0) is 142 Å². The van der Waals surface area contributed by atoms with Crippen molar-refractivity contribution in [3.63, 3.8) is 0 Å². The lowest BCUT2D eigenvalue weighted by Gasteiger charge is -2.18. The summed E-state index contributed by atoms with van der Waals surface area (Å²) in [4.78, 5) is 45.4. The average Bonchev–Trinajstić information content (AvgIpc) is 3.81. The van der Waals surface area contributed by atoms with E-state index in [9.17, 15) is 19.2 Å². The third-order valence-corrected chi connectivity index (χ3v) is 10.2. The smallest absolute Gasteiger partial charge is 0.303 e. The van der Waals surface area contributed by atoms with Crippen LogP contribution in [0.2, 0.25) is 5.02 Å². The fourth-order valence-electron chi connectivity index (χ4n) is 6.79. The van der Waals surface area contributed by atoms with Crippen molar-refractivity contribution in [3.05, 3.63) is 140 Å². The Morgan fingerprint density at radius 2 is 1.17 bits per heavy atom. The highest BCUT2D eigenvalue weighted by atomic mass is 79.9. The van der Waals surface area contributed by atoms with Gasteiger partial charge in [-0.3, -0.25) is 19.2 Å². The second kappa shape index (κ2) is 19.4. The summed E-state index contributed by atoms with van der Waals surface area (Å²) in [6, 6.07) is 29.3. The normalized spacial score (nSPS) is 10.7. The molecule has 0 saturated carbocycles. The van der Waals surface area contributed by atoms with Crippen LogP contribution < -0.4 is 20.9 Å². The molecule has 2 heterocycles. The molecule has 306 valence electrons.